The largest absolute Gasteiger partial charge is 0.354 e. The Hall–Kier alpha value is -1.93. The highest BCUT2D eigenvalue weighted by Gasteiger charge is 2.33. The molecule has 7 nitrogen and oxygen atoms in total. The molecule has 3 rings (SSSR count). The fraction of sp³-hybridized carbons (Fsp3) is 0.529. The summed E-state index contributed by atoms with van der Waals surface area (Å²) in [5.74, 6) is -0.272. The summed E-state index contributed by atoms with van der Waals surface area (Å²) in [4.78, 5) is 23.7. The second kappa shape index (κ2) is 6.76. The van der Waals surface area contributed by atoms with Gasteiger partial charge in [0.05, 0.1) is 11.3 Å². The van der Waals surface area contributed by atoms with Gasteiger partial charge in [-0.2, -0.15) is 4.31 Å². The minimum Gasteiger partial charge on any atom is -0.354 e. The standard InChI is InChI=1S/C17H23N3O4S/c1-11(2)18-17(22)12-5-7-20(8-6-12)25(23,24)14-3-4-15-13(9-14)10-16(21)19-15/h3-4,9,11-12H,5-8,10H2,1-2H3,(H,18,22)(H,19,21). The van der Waals surface area contributed by atoms with E-state index in [4.69, 9.17) is 0 Å². The van der Waals surface area contributed by atoms with E-state index in [9.17, 15) is 18.0 Å². The number of nitrogens with one attached hydrogen (secondary N) is 2. The maximum Gasteiger partial charge on any atom is 0.243 e. The number of nitrogens with zero attached hydrogens (tertiary/aromatic N) is 1. The summed E-state index contributed by atoms with van der Waals surface area (Å²) in [5, 5.41) is 5.58. The third kappa shape index (κ3) is 3.69. The van der Waals surface area contributed by atoms with Gasteiger partial charge in [0.15, 0.2) is 0 Å². The van der Waals surface area contributed by atoms with E-state index >= 15 is 0 Å². The maximum absolute atomic E-state index is 12.8. The highest BCUT2D eigenvalue weighted by molar-refractivity contribution is 7.89. The van der Waals surface area contributed by atoms with Crippen LogP contribution in [0.2, 0.25) is 0 Å². The van der Waals surface area contributed by atoms with Crippen LogP contribution in [0.5, 0.6) is 0 Å². The number of amides is 2. The van der Waals surface area contributed by atoms with Gasteiger partial charge in [-0.1, -0.05) is 0 Å². The predicted octanol–water partition coefficient (Wildman–Crippen LogP) is 1.11. The van der Waals surface area contributed by atoms with Crippen LogP contribution in [-0.2, 0) is 26.0 Å². The third-order valence-electron chi connectivity index (χ3n) is 4.60. The van der Waals surface area contributed by atoms with Crippen molar-refractivity contribution in [2.45, 2.75) is 44.0 Å². The Balaban J connectivity index is 1.69. The van der Waals surface area contributed by atoms with Gasteiger partial charge in [0.2, 0.25) is 21.8 Å². The smallest absolute Gasteiger partial charge is 0.243 e. The molecule has 2 N–H and O–H groups in total. The Morgan fingerprint density at radius 2 is 1.96 bits per heavy atom. The van der Waals surface area contributed by atoms with Gasteiger partial charge < -0.3 is 10.6 Å². The molecule has 2 aliphatic rings. The molecule has 25 heavy (non-hydrogen) atoms. The van der Waals surface area contributed by atoms with Crippen LogP contribution in [-0.4, -0.2) is 43.7 Å². The van der Waals surface area contributed by atoms with Crippen LogP contribution in [0, 0.1) is 5.92 Å². The van der Waals surface area contributed by atoms with Crippen LogP contribution in [0.3, 0.4) is 0 Å². The van der Waals surface area contributed by atoms with Crippen LogP contribution in [0.15, 0.2) is 23.1 Å². The maximum atomic E-state index is 12.8. The quantitative estimate of drug-likeness (QED) is 0.835. The molecular formula is C17H23N3O4S. The number of carbonyl (C=O) groups is 2. The van der Waals surface area contributed by atoms with Gasteiger partial charge in [-0.25, -0.2) is 8.42 Å². The fourth-order valence-electron chi connectivity index (χ4n) is 3.28. The first-order chi connectivity index (χ1) is 11.8. The highest BCUT2D eigenvalue weighted by atomic mass is 32.2. The Morgan fingerprint density at radius 3 is 2.60 bits per heavy atom. The monoisotopic (exact) mass is 365 g/mol. The average molecular weight is 365 g/mol. The van der Waals surface area contributed by atoms with Gasteiger partial charge in [-0.15, -0.1) is 0 Å². The number of carbonyl (C=O) groups excluding carboxylic acids is 2. The van der Waals surface area contributed by atoms with Crippen LogP contribution in [0.25, 0.3) is 0 Å². The van der Waals surface area contributed by atoms with E-state index in [2.05, 4.69) is 10.6 Å². The van der Waals surface area contributed by atoms with Crippen molar-refractivity contribution in [3.05, 3.63) is 23.8 Å². The zero-order valence-electron chi connectivity index (χ0n) is 14.4. The summed E-state index contributed by atoms with van der Waals surface area (Å²) >= 11 is 0. The van der Waals surface area contributed by atoms with Gasteiger partial charge in [-0.05, 0) is 50.5 Å². The van der Waals surface area contributed by atoms with E-state index in [1.54, 1.807) is 12.1 Å². The second-order valence-electron chi connectivity index (χ2n) is 6.89. The molecule has 0 radical (unpaired) electrons. The molecule has 1 aromatic carbocycles. The lowest BCUT2D eigenvalue weighted by atomic mass is 9.97. The molecule has 0 bridgehead atoms. The Bertz CT molecular complexity index is 796. The molecule has 0 atom stereocenters. The van der Waals surface area contributed by atoms with Gasteiger partial charge in [0.25, 0.3) is 0 Å². The first-order valence-corrected chi connectivity index (χ1v) is 9.94. The van der Waals surface area contributed by atoms with Crippen molar-refractivity contribution in [2.75, 3.05) is 18.4 Å². The summed E-state index contributed by atoms with van der Waals surface area (Å²) in [6.07, 6.45) is 1.24. The third-order valence-corrected chi connectivity index (χ3v) is 6.49. The van der Waals surface area contributed by atoms with Gasteiger partial charge >= 0.3 is 0 Å². The van der Waals surface area contributed by atoms with Crippen LogP contribution in [0.1, 0.15) is 32.3 Å². The van der Waals surface area contributed by atoms with E-state index in [0.29, 0.717) is 37.2 Å². The number of anilines is 1. The summed E-state index contributed by atoms with van der Waals surface area (Å²) in [5.41, 5.74) is 1.38. The zero-order valence-corrected chi connectivity index (χ0v) is 15.2. The van der Waals surface area contributed by atoms with Crippen LogP contribution in [0.4, 0.5) is 5.69 Å². The van der Waals surface area contributed by atoms with Crippen molar-refractivity contribution in [1.82, 2.24) is 9.62 Å². The van der Waals surface area contributed by atoms with Crippen molar-refractivity contribution in [1.29, 1.82) is 0 Å². The Kier molecular flexibility index (Phi) is 4.83. The number of hydrogen-bond acceptors (Lipinski definition) is 4. The first-order valence-electron chi connectivity index (χ1n) is 8.50. The minimum absolute atomic E-state index is 0.00540. The van der Waals surface area contributed by atoms with Crippen molar-refractivity contribution < 1.29 is 18.0 Å². The summed E-state index contributed by atoms with van der Waals surface area (Å²) < 4.78 is 27.1. The fourth-order valence-corrected chi connectivity index (χ4v) is 4.80. The van der Waals surface area contributed by atoms with E-state index in [0.717, 1.165) is 0 Å². The number of piperidine rings is 1. The van der Waals surface area contributed by atoms with Crippen molar-refractivity contribution in [3.8, 4) is 0 Å². The lowest BCUT2D eigenvalue weighted by molar-refractivity contribution is -0.126. The van der Waals surface area contributed by atoms with E-state index in [-0.39, 0.29) is 35.1 Å². The second-order valence-corrected chi connectivity index (χ2v) is 8.82. The molecule has 1 aromatic rings. The molecule has 2 amide bonds. The molecule has 2 heterocycles. The summed E-state index contributed by atoms with van der Waals surface area (Å²) in [7, 11) is -3.61. The Morgan fingerprint density at radius 1 is 1.28 bits per heavy atom. The molecule has 0 saturated carbocycles. The lowest BCUT2D eigenvalue weighted by Gasteiger charge is -2.31. The van der Waals surface area contributed by atoms with Crippen LogP contribution < -0.4 is 10.6 Å². The summed E-state index contributed by atoms with van der Waals surface area (Å²) in [6, 6.07) is 4.81. The zero-order chi connectivity index (χ0) is 18.2. The molecule has 2 aliphatic heterocycles. The molecule has 1 fully saturated rings. The van der Waals surface area contributed by atoms with Gasteiger partial charge in [0, 0.05) is 30.7 Å². The van der Waals surface area contributed by atoms with E-state index < -0.39 is 10.0 Å². The summed E-state index contributed by atoms with van der Waals surface area (Å²) in [6.45, 7) is 4.47. The first kappa shape index (κ1) is 17.9. The molecule has 0 aliphatic carbocycles. The van der Waals surface area contributed by atoms with E-state index in [1.807, 2.05) is 13.8 Å². The normalized spacial score (nSPS) is 18.9. The molecule has 0 aromatic heterocycles. The molecule has 0 spiro atoms. The van der Waals surface area contributed by atoms with Crippen molar-refractivity contribution in [3.63, 3.8) is 0 Å². The molecular weight excluding hydrogens is 342 g/mol. The predicted molar refractivity (Wildman–Crippen MR) is 93.5 cm³/mol. The van der Waals surface area contributed by atoms with E-state index in [1.165, 1.54) is 10.4 Å². The Labute approximate surface area is 147 Å². The molecule has 136 valence electrons. The van der Waals surface area contributed by atoms with Crippen molar-refractivity contribution in [2.24, 2.45) is 5.92 Å². The number of benzene rings is 1. The van der Waals surface area contributed by atoms with Gasteiger partial charge in [0.1, 0.15) is 0 Å². The number of fused-ring (bicyclic) bond motifs is 1. The average Bonchev–Trinajstić information content (AvgIpc) is 2.93. The number of hydrogen-bond donors (Lipinski definition) is 2. The van der Waals surface area contributed by atoms with Crippen LogP contribution >= 0.6 is 0 Å². The number of sulfonamides is 1. The van der Waals surface area contributed by atoms with Crippen molar-refractivity contribution >= 4 is 27.5 Å². The SMILES string of the molecule is CC(C)NC(=O)C1CCN(S(=O)(=O)c2ccc3c(c2)CC(=O)N3)CC1. The lowest BCUT2D eigenvalue weighted by Crippen LogP contribution is -2.44. The highest BCUT2D eigenvalue weighted by Crippen LogP contribution is 2.29. The molecule has 0 unspecified atom stereocenters. The van der Waals surface area contributed by atoms with Gasteiger partial charge in [-0.3, -0.25) is 9.59 Å². The topological polar surface area (TPSA) is 95.6 Å². The molecule has 8 heteroatoms. The molecule has 1 saturated heterocycles. The minimum atomic E-state index is -3.61. The number of rotatable bonds is 4.